The number of carbonyl (C=O) groups excluding carboxylic acids is 2. The van der Waals surface area contributed by atoms with Crippen molar-refractivity contribution in [3.05, 3.63) is 75.6 Å². The maximum absolute atomic E-state index is 13.1. The SMILES string of the molecule is CCCCN(CCCC)CCCN1C(=O)C(=O)C(=C(O)c2ccc([N+](=O)[O-])cc2)[C@@H]1c1ccccn1. The molecule has 9 heteroatoms. The van der Waals surface area contributed by atoms with Gasteiger partial charge in [-0.3, -0.25) is 24.7 Å². The quantitative estimate of drug-likeness (QED) is 0.141. The van der Waals surface area contributed by atoms with Crippen LogP contribution in [0.25, 0.3) is 5.76 Å². The van der Waals surface area contributed by atoms with E-state index in [9.17, 15) is 24.8 Å². The van der Waals surface area contributed by atoms with Gasteiger partial charge in [-0.25, -0.2) is 0 Å². The highest BCUT2D eigenvalue weighted by Crippen LogP contribution is 2.38. The number of non-ortho nitro benzene ring substituents is 1. The van der Waals surface area contributed by atoms with Gasteiger partial charge >= 0.3 is 0 Å². The number of nitro benzene ring substituents is 1. The molecule has 1 atom stereocenters. The van der Waals surface area contributed by atoms with Gasteiger partial charge < -0.3 is 14.9 Å². The van der Waals surface area contributed by atoms with Crippen LogP contribution in [0, 0.1) is 10.1 Å². The number of carbonyl (C=O) groups is 2. The van der Waals surface area contributed by atoms with Crippen LogP contribution in [0.5, 0.6) is 0 Å². The van der Waals surface area contributed by atoms with Crippen molar-refractivity contribution in [2.45, 2.75) is 52.0 Å². The summed E-state index contributed by atoms with van der Waals surface area (Å²) in [4.78, 5) is 44.9. The van der Waals surface area contributed by atoms with Crippen LogP contribution >= 0.6 is 0 Å². The summed E-state index contributed by atoms with van der Waals surface area (Å²) in [5.74, 6) is -1.83. The Kier molecular flexibility index (Phi) is 9.69. The summed E-state index contributed by atoms with van der Waals surface area (Å²) in [6, 6.07) is 9.65. The molecule has 0 radical (unpaired) electrons. The lowest BCUT2D eigenvalue weighted by Gasteiger charge is -2.27. The molecule has 1 aromatic heterocycles. The molecule has 0 saturated carbocycles. The van der Waals surface area contributed by atoms with Crippen molar-refractivity contribution in [2.75, 3.05) is 26.2 Å². The Morgan fingerprint density at radius 3 is 2.22 bits per heavy atom. The maximum Gasteiger partial charge on any atom is 0.295 e. The minimum atomic E-state index is -0.832. The van der Waals surface area contributed by atoms with Gasteiger partial charge in [-0.15, -0.1) is 0 Å². The van der Waals surface area contributed by atoms with E-state index in [2.05, 4.69) is 23.7 Å². The molecule has 0 unspecified atom stereocenters. The maximum atomic E-state index is 13.1. The molecule has 3 rings (SSSR count). The number of ketones is 1. The van der Waals surface area contributed by atoms with Crippen LogP contribution in [0.1, 0.15) is 63.3 Å². The molecule has 1 N–H and O–H groups in total. The number of hydrogen-bond donors (Lipinski definition) is 1. The molecule has 1 fully saturated rings. The third-order valence-electron chi connectivity index (χ3n) is 6.39. The van der Waals surface area contributed by atoms with E-state index < -0.39 is 22.7 Å². The number of benzene rings is 1. The third-order valence-corrected chi connectivity index (χ3v) is 6.39. The zero-order valence-electron chi connectivity index (χ0n) is 20.9. The molecule has 0 spiro atoms. The average molecular weight is 495 g/mol. The van der Waals surface area contributed by atoms with Crippen LogP contribution in [0.4, 0.5) is 5.69 Å². The molecule has 9 nitrogen and oxygen atoms in total. The first-order chi connectivity index (χ1) is 17.4. The van der Waals surface area contributed by atoms with Crippen LogP contribution in [0.2, 0.25) is 0 Å². The highest BCUT2D eigenvalue weighted by molar-refractivity contribution is 6.46. The van der Waals surface area contributed by atoms with Gasteiger partial charge in [0.15, 0.2) is 0 Å². The van der Waals surface area contributed by atoms with Gasteiger partial charge in [0.05, 0.1) is 16.2 Å². The summed E-state index contributed by atoms with van der Waals surface area (Å²) in [6.07, 6.45) is 6.70. The second-order valence-corrected chi connectivity index (χ2v) is 8.95. The van der Waals surface area contributed by atoms with Crippen LogP contribution in [0.3, 0.4) is 0 Å². The Labute approximate surface area is 211 Å². The standard InChI is InChI=1S/C27H34N4O5/c1-3-5-16-29(17-6-4-2)18-9-19-30-24(22-10-7-8-15-28-22)23(26(33)27(30)34)25(32)20-11-13-21(14-12-20)31(35)36/h7-8,10-15,24,32H,3-6,9,16-19H2,1-2H3/t24-/m0/s1. The Morgan fingerprint density at radius 2 is 1.67 bits per heavy atom. The van der Waals surface area contributed by atoms with E-state index in [4.69, 9.17) is 0 Å². The van der Waals surface area contributed by atoms with Crippen molar-refractivity contribution < 1.29 is 19.6 Å². The van der Waals surface area contributed by atoms with Crippen LogP contribution in [0.15, 0.2) is 54.2 Å². The molecule has 2 aromatic rings. The normalized spacial score (nSPS) is 17.2. The molecule has 1 amide bonds. The first-order valence-corrected chi connectivity index (χ1v) is 12.6. The van der Waals surface area contributed by atoms with E-state index in [1.165, 1.54) is 29.2 Å². The Morgan fingerprint density at radius 1 is 1.03 bits per heavy atom. The molecule has 0 aliphatic carbocycles. The fraction of sp³-hybridized carbons (Fsp3) is 0.444. The number of unbranched alkanes of at least 4 members (excludes halogenated alkanes) is 2. The van der Waals surface area contributed by atoms with Crippen molar-refractivity contribution >= 4 is 23.1 Å². The van der Waals surface area contributed by atoms with Gasteiger partial charge in [-0.2, -0.15) is 0 Å². The molecule has 1 aromatic carbocycles. The Balaban J connectivity index is 1.89. The summed E-state index contributed by atoms with van der Waals surface area (Å²) >= 11 is 0. The van der Waals surface area contributed by atoms with Crippen molar-refractivity contribution in [1.29, 1.82) is 0 Å². The fourth-order valence-corrected chi connectivity index (χ4v) is 4.42. The van der Waals surface area contributed by atoms with E-state index in [1.54, 1.807) is 24.4 Å². The predicted octanol–water partition coefficient (Wildman–Crippen LogP) is 4.70. The molecule has 192 valence electrons. The summed E-state index contributed by atoms with van der Waals surface area (Å²) in [6.45, 7) is 7.47. The van der Waals surface area contributed by atoms with Crippen LogP contribution < -0.4 is 0 Å². The zero-order chi connectivity index (χ0) is 26.1. The smallest absolute Gasteiger partial charge is 0.295 e. The lowest BCUT2D eigenvalue weighted by Crippen LogP contribution is -2.34. The van der Waals surface area contributed by atoms with Crippen LogP contribution in [-0.2, 0) is 9.59 Å². The number of amides is 1. The van der Waals surface area contributed by atoms with Crippen molar-refractivity contribution in [3.63, 3.8) is 0 Å². The largest absolute Gasteiger partial charge is 0.507 e. The minimum absolute atomic E-state index is 0.0543. The van der Waals surface area contributed by atoms with Gasteiger partial charge in [-0.05, 0) is 63.2 Å². The zero-order valence-corrected chi connectivity index (χ0v) is 20.9. The molecule has 36 heavy (non-hydrogen) atoms. The highest BCUT2D eigenvalue weighted by Gasteiger charge is 2.46. The summed E-state index contributed by atoms with van der Waals surface area (Å²) in [5, 5.41) is 22.1. The number of nitrogens with zero attached hydrogens (tertiary/aromatic N) is 4. The van der Waals surface area contributed by atoms with Crippen molar-refractivity contribution in [3.8, 4) is 0 Å². The van der Waals surface area contributed by atoms with Gasteiger partial charge in [0, 0.05) is 30.4 Å². The average Bonchev–Trinajstić information content (AvgIpc) is 3.15. The first-order valence-electron chi connectivity index (χ1n) is 12.6. The van der Waals surface area contributed by atoms with Gasteiger partial charge in [0.2, 0.25) is 0 Å². The van der Waals surface area contributed by atoms with Crippen molar-refractivity contribution in [2.24, 2.45) is 0 Å². The molecule has 0 bridgehead atoms. The van der Waals surface area contributed by atoms with E-state index in [-0.39, 0.29) is 22.6 Å². The summed E-state index contributed by atoms with van der Waals surface area (Å²) < 4.78 is 0. The number of Topliss-reactive ketones (excluding diaryl/α,β-unsaturated/α-hetero) is 1. The number of likely N-dealkylation sites (tertiary alicyclic amines) is 1. The monoisotopic (exact) mass is 494 g/mol. The Bertz CT molecular complexity index is 1080. The topological polar surface area (TPSA) is 117 Å². The number of rotatable bonds is 13. The fourth-order valence-electron chi connectivity index (χ4n) is 4.42. The molecule has 1 saturated heterocycles. The molecule has 2 heterocycles. The van der Waals surface area contributed by atoms with Crippen molar-refractivity contribution in [1.82, 2.24) is 14.8 Å². The Hall–Kier alpha value is -3.59. The number of hydrogen-bond acceptors (Lipinski definition) is 7. The number of aliphatic hydroxyl groups excluding tert-OH is 1. The minimum Gasteiger partial charge on any atom is -0.507 e. The molecular weight excluding hydrogens is 460 g/mol. The number of aliphatic hydroxyl groups is 1. The van der Waals surface area contributed by atoms with Crippen LogP contribution in [-0.4, -0.2) is 62.7 Å². The van der Waals surface area contributed by atoms with Gasteiger partial charge in [0.1, 0.15) is 11.8 Å². The number of aromatic nitrogens is 1. The second kappa shape index (κ2) is 12.9. The molecular formula is C27H34N4O5. The summed E-state index contributed by atoms with van der Waals surface area (Å²) in [7, 11) is 0. The van der Waals surface area contributed by atoms with E-state index in [0.717, 1.165) is 45.3 Å². The van der Waals surface area contributed by atoms with Gasteiger partial charge in [-0.1, -0.05) is 32.8 Å². The first kappa shape index (κ1) is 27.0. The lowest BCUT2D eigenvalue weighted by atomic mass is 9.98. The van der Waals surface area contributed by atoms with E-state index >= 15 is 0 Å². The summed E-state index contributed by atoms with van der Waals surface area (Å²) in [5.41, 5.74) is 0.518. The van der Waals surface area contributed by atoms with E-state index in [0.29, 0.717) is 18.7 Å². The molecule has 1 aliphatic rings. The predicted molar refractivity (Wildman–Crippen MR) is 137 cm³/mol. The number of pyridine rings is 1. The van der Waals surface area contributed by atoms with E-state index in [1.807, 2.05) is 0 Å². The van der Waals surface area contributed by atoms with Gasteiger partial charge in [0.25, 0.3) is 17.4 Å². The molecule has 1 aliphatic heterocycles. The lowest BCUT2D eigenvalue weighted by molar-refractivity contribution is -0.384. The highest BCUT2D eigenvalue weighted by atomic mass is 16.6. The third kappa shape index (κ3) is 6.34. The second-order valence-electron chi connectivity index (χ2n) is 8.95. The number of nitro groups is 1.